The average molecular weight is 263 g/mol. The summed E-state index contributed by atoms with van der Waals surface area (Å²) < 4.78 is 13.7. The van der Waals surface area contributed by atoms with Gasteiger partial charge in [0.05, 0.1) is 0 Å². The molecule has 1 fully saturated rings. The van der Waals surface area contributed by atoms with E-state index in [2.05, 4.69) is 12.2 Å². The molecule has 19 heavy (non-hydrogen) atoms. The fourth-order valence-electron chi connectivity index (χ4n) is 3.01. The number of hydrogen-bond acceptors (Lipinski definition) is 2. The Morgan fingerprint density at radius 2 is 2.05 bits per heavy atom. The van der Waals surface area contributed by atoms with E-state index in [9.17, 15) is 9.18 Å². The number of benzene rings is 1. The van der Waals surface area contributed by atoms with E-state index in [1.165, 1.54) is 6.07 Å². The number of carbonyl (C=O) groups is 1. The molecule has 1 aromatic rings. The van der Waals surface area contributed by atoms with E-state index in [4.69, 9.17) is 0 Å². The van der Waals surface area contributed by atoms with Gasteiger partial charge in [0.2, 0.25) is 0 Å². The minimum absolute atomic E-state index is 0.120. The molecule has 0 spiro atoms. The van der Waals surface area contributed by atoms with Crippen LogP contribution in [0.1, 0.15) is 48.5 Å². The average Bonchev–Trinajstić information content (AvgIpc) is 2.42. The van der Waals surface area contributed by atoms with Crippen molar-refractivity contribution in [3.8, 4) is 0 Å². The SMILES string of the molecule is CCCC1(C(=O)c2ccc(C)c(F)c2)CCNCC1. The Morgan fingerprint density at radius 3 is 2.63 bits per heavy atom. The Morgan fingerprint density at radius 1 is 1.37 bits per heavy atom. The molecule has 1 saturated heterocycles. The fourth-order valence-corrected chi connectivity index (χ4v) is 3.01. The standard InChI is InChI=1S/C16H22FNO/c1-3-6-16(7-9-18-10-8-16)15(19)13-5-4-12(2)14(17)11-13/h4-5,11,18H,3,6-10H2,1-2H3. The van der Waals surface area contributed by atoms with Crippen LogP contribution in [-0.2, 0) is 0 Å². The van der Waals surface area contributed by atoms with Gasteiger partial charge >= 0.3 is 0 Å². The maximum atomic E-state index is 13.7. The van der Waals surface area contributed by atoms with Gasteiger partial charge in [0, 0.05) is 11.0 Å². The molecule has 0 unspecified atom stereocenters. The monoisotopic (exact) mass is 263 g/mol. The minimum atomic E-state index is -0.290. The molecule has 0 amide bonds. The van der Waals surface area contributed by atoms with Gasteiger partial charge in [-0.15, -0.1) is 0 Å². The first-order chi connectivity index (χ1) is 9.09. The first-order valence-corrected chi connectivity index (χ1v) is 7.11. The number of hydrogen-bond donors (Lipinski definition) is 1. The summed E-state index contributed by atoms with van der Waals surface area (Å²) in [6, 6.07) is 4.86. The molecule has 1 heterocycles. The molecule has 0 saturated carbocycles. The molecular weight excluding hydrogens is 241 g/mol. The zero-order valence-electron chi connectivity index (χ0n) is 11.8. The highest BCUT2D eigenvalue weighted by atomic mass is 19.1. The first kappa shape index (κ1) is 14.2. The lowest BCUT2D eigenvalue weighted by atomic mass is 9.70. The van der Waals surface area contributed by atoms with Crippen LogP contribution in [0.5, 0.6) is 0 Å². The molecule has 2 nitrogen and oxygen atoms in total. The van der Waals surface area contributed by atoms with Crippen molar-refractivity contribution in [1.82, 2.24) is 5.32 Å². The maximum Gasteiger partial charge on any atom is 0.169 e. The summed E-state index contributed by atoms with van der Waals surface area (Å²) in [6.45, 7) is 5.57. The van der Waals surface area contributed by atoms with Gasteiger partial charge in [-0.25, -0.2) is 4.39 Å². The second kappa shape index (κ2) is 5.83. The molecule has 0 bridgehead atoms. The Labute approximate surface area is 114 Å². The summed E-state index contributed by atoms with van der Waals surface area (Å²) >= 11 is 0. The molecule has 1 aromatic carbocycles. The number of rotatable bonds is 4. The Balaban J connectivity index is 2.30. The third-order valence-corrected chi connectivity index (χ3v) is 4.20. The topological polar surface area (TPSA) is 29.1 Å². The fraction of sp³-hybridized carbons (Fsp3) is 0.562. The molecule has 1 N–H and O–H groups in total. The smallest absolute Gasteiger partial charge is 0.169 e. The first-order valence-electron chi connectivity index (χ1n) is 7.11. The highest BCUT2D eigenvalue weighted by Crippen LogP contribution is 2.37. The summed E-state index contributed by atoms with van der Waals surface area (Å²) in [6.07, 6.45) is 3.59. The van der Waals surface area contributed by atoms with E-state index < -0.39 is 0 Å². The van der Waals surface area contributed by atoms with E-state index >= 15 is 0 Å². The van der Waals surface area contributed by atoms with Crippen LogP contribution in [0.2, 0.25) is 0 Å². The Bertz CT molecular complexity index is 458. The maximum absolute atomic E-state index is 13.7. The van der Waals surface area contributed by atoms with Gasteiger partial charge in [-0.1, -0.05) is 25.5 Å². The van der Waals surface area contributed by atoms with Crippen LogP contribution in [0.3, 0.4) is 0 Å². The van der Waals surface area contributed by atoms with Crippen molar-refractivity contribution in [2.45, 2.75) is 39.5 Å². The second-order valence-corrected chi connectivity index (χ2v) is 5.57. The molecular formula is C16H22FNO. The molecule has 104 valence electrons. The van der Waals surface area contributed by atoms with Gasteiger partial charge in [0.15, 0.2) is 5.78 Å². The van der Waals surface area contributed by atoms with Gasteiger partial charge in [-0.3, -0.25) is 4.79 Å². The van der Waals surface area contributed by atoms with Crippen molar-refractivity contribution in [3.63, 3.8) is 0 Å². The molecule has 0 aliphatic carbocycles. The highest BCUT2D eigenvalue weighted by Gasteiger charge is 2.38. The normalized spacial score (nSPS) is 18.3. The number of halogens is 1. The van der Waals surface area contributed by atoms with E-state index in [1.807, 2.05) is 0 Å². The summed E-state index contributed by atoms with van der Waals surface area (Å²) in [7, 11) is 0. The van der Waals surface area contributed by atoms with Crippen LogP contribution >= 0.6 is 0 Å². The van der Waals surface area contributed by atoms with E-state index in [0.717, 1.165) is 38.8 Å². The lowest BCUT2D eigenvalue weighted by Crippen LogP contribution is -2.42. The van der Waals surface area contributed by atoms with Crippen molar-refractivity contribution < 1.29 is 9.18 Å². The number of nitrogens with one attached hydrogen (secondary N) is 1. The van der Waals surface area contributed by atoms with E-state index in [1.54, 1.807) is 19.1 Å². The second-order valence-electron chi connectivity index (χ2n) is 5.57. The zero-order valence-corrected chi connectivity index (χ0v) is 11.8. The molecule has 0 atom stereocenters. The summed E-state index contributed by atoms with van der Waals surface area (Å²) in [5, 5.41) is 3.30. The quantitative estimate of drug-likeness (QED) is 0.843. The van der Waals surface area contributed by atoms with E-state index in [0.29, 0.717) is 11.1 Å². The predicted molar refractivity (Wildman–Crippen MR) is 74.9 cm³/mol. The minimum Gasteiger partial charge on any atom is -0.317 e. The Kier molecular flexibility index (Phi) is 4.35. The summed E-state index contributed by atoms with van der Waals surface area (Å²) in [5.74, 6) is -0.166. The predicted octanol–water partition coefficient (Wildman–Crippen LogP) is 3.49. The summed E-state index contributed by atoms with van der Waals surface area (Å²) in [4.78, 5) is 12.8. The van der Waals surface area contributed by atoms with Crippen molar-refractivity contribution >= 4 is 5.78 Å². The number of aryl methyl sites for hydroxylation is 1. The van der Waals surface area contributed by atoms with Crippen molar-refractivity contribution in [2.75, 3.05) is 13.1 Å². The zero-order chi connectivity index (χ0) is 13.9. The van der Waals surface area contributed by atoms with Gasteiger partial charge in [0.25, 0.3) is 0 Å². The van der Waals surface area contributed by atoms with Gasteiger partial charge in [-0.2, -0.15) is 0 Å². The van der Waals surface area contributed by atoms with Crippen molar-refractivity contribution in [1.29, 1.82) is 0 Å². The molecule has 0 radical (unpaired) electrons. The third-order valence-electron chi connectivity index (χ3n) is 4.20. The third kappa shape index (κ3) is 2.86. The number of Topliss-reactive ketones (excluding diaryl/α,β-unsaturated/α-hetero) is 1. The van der Waals surface area contributed by atoms with Gasteiger partial charge in [0.1, 0.15) is 5.82 Å². The van der Waals surface area contributed by atoms with Crippen LogP contribution in [-0.4, -0.2) is 18.9 Å². The molecule has 3 heteroatoms. The van der Waals surface area contributed by atoms with Gasteiger partial charge in [-0.05, 0) is 50.9 Å². The highest BCUT2D eigenvalue weighted by molar-refractivity contribution is 6.00. The van der Waals surface area contributed by atoms with Crippen molar-refractivity contribution in [3.05, 3.63) is 35.1 Å². The molecule has 0 aromatic heterocycles. The number of carbonyl (C=O) groups excluding carboxylic acids is 1. The van der Waals surface area contributed by atoms with Crippen LogP contribution in [0, 0.1) is 18.2 Å². The van der Waals surface area contributed by atoms with Crippen LogP contribution in [0.25, 0.3) is 0 Å². The summed E-state index contributed by atoms with van der Waals surface area (Å²) in [5.41, 5.74) is 0.826. The largest absolute Gasteiger partial charge is 0.317 e. The molecule has 1 aliphatic heterocycles. The number of piperidine rings is 1. The molecule has 2 rings (SSSR count). The number of ketones is 1. The van der Waals surface area contributed by atoms with E-state index in [-0.39, 0.29) is 17.0 Å². The molecule has 1 aliphatic rings. The van der Waals surface area contributed by atoms with Gasteiger partial charge < -0.3 is 5.32 Å². The lowest BCUT2D eigenvalue weighted by molar-refractivity contribution is 0.0704. The van der Waals surface area contributed by atoms with Crippen LogP contribution < -0.4 is 5.32 Å². The van der Waals surface area contributed by atoms with Crippen LogP contribution in [0.4, 0.5) is 4.39 Å². The van der Waals surface area contributed by atoms with Crippen molar-refractivity contribution in [2.24, 2.45) is 5.41 Å². The Hall–Kier alpha value is -1.22. The van der Waals surface area contributed by atoms with Crippen LogP contribution in [0.15, 0.2) is 18.2 Å². The lowest BCUT2D eigenvalue weighted by Gasteiger charge is -2.36.